The molecular formula is C19H30N2O4. The van der Waals surface area contributed by atoms with Gasteiger partial charge < -0.3 is 25.6 Å². The van der Waals surface area contributed by atoms with Gasteiger partial charge in [-0.15, -0.1) is 0 Å². The van der Waals surface area contributed by atoms with E-state index in [1.165, 1.54) is 0 Å². The molecular weight excluding hydrogens is 320 g/mol. The largest absolute Gasteiger partial charge is 0.394 e. The maximum atomic E-state index is 12.2. The highest BCUT2D eigenvalue weighted by Gasteiger charge is 2.22. The molecule has 1 aliphatic rings. The molecule has 1 fully saturated rings. The molecule has 0 aliphatic carbocycles. The molecule has 2 rings (SSSR count). The van der Waals surface area contributed by atoms with E-state index in [0.717, 1.165) is 25.0 Å². The number of ether oxygens (including phenoxy) is 1. The van der Waals surface area contributed by atoms with Crippen LogP contribution in [0.25, 0.3) is 0 Å². The number of carbonyl (C=O) groups is 1. The number of nitrogens with one attached hydrogen (secondary N) is 2. The lowest BCUT2D eigenvalue weighted by atomic mass is 9.93. The average Bonchev–Trinajstić information content (AvgIpc) is 3.11. The van der Waals surface area contributed by atoms with Gasteiger partial charge in [0.25, 0.3) is 0 Å². The van der Waals surface area contributed by atoms with Gasteiger partial charge in [0.05, 0.1) is 18.8 Å². The predicted octanol–water partition coefficient (Wildman–Crippen LogP) is 1.63. The van der Waals surface area contributed by atoms with Crippen molar-refractivity contribution in [2.45, 2.75) is 44.2 Å². The summed E-state index contributed by atoms with van der Waals surface area (Å²) in [6.45, 7) is 3.56. The third kappa shape index (κ3) is 7.02. The zero-order valence-electron chi connectivity index (χ0n) is 14.9. The molecule has 4 N–H and O–H groups in total. The molecule has 0 saturated carbocycles. The van der Waals surface area contributed by atoms with Crippen LogP contribution in [-0.2, 0) is 4.74 Å². The van der Waals surface area contributed by atoms with Gasteiger partial charge in [-0.2, -0.15) is 0 Å². The average molecular weight is 350 g/mol. The van der Waals surface area contributed by atoms with Gasteiger partial charge in [0, 0.05) is 25.7 Å². The number of benzene rings is 1. The van der Waals surface area contributed by atoms with Gasteiger partial charge in [-0.25, -0.2) is 4.79 Å². The summed E-state index contributed by atoms with van der Waals surface area (Å²) < 4.78 is 5.34. The summed E-state index contributed by atoms with van der Waals surface area (Å²) in [7, 11) is 0. The van der Waals surface area contributed by atoms with Crippen LogP contribution in [-0.4, -0.2) is 54.8 Å². The van der Waals surface area contributed by atoms with Gasteiger partial charge in [-0.1, -0.05) is 30.3 Å². The lowest BCUT2D eigenvalue weighted by Crippen LogP contribution is -2.45. The molecule has 1 aliphatic heterocycles. The van der Waals surface area contributed by atoms with Crippen LogP contribution in [0.1, 0.15) is 37.7 Å². The summed E-state index contributed by atoms with van der Waals surface area (Å²) in [5.74, 6) is 0.438. The van der Waals surface area contributed by atoms with E-state index in [2.05, 4.69) is 10.6 Å². The second kappa shape index (κ2) is 10.4. The van der Waals surface area contributed by atoms with Crippen LogP contribution >= 0.6 is 0 Å². The first-order valence-electron chi connectivity index (χ1n) is 9.04. The lowest BCUT2D eigenvalue weighted by molar-refractivity contribution is 0.169. The Morgan fingerprint density at radius 1 is 1.36 bits per heavy atom. The molecule has 1 heterocycles. The van der Waals surface area contributed by atoms with Crippen molar-refractivity contribution in [1.82, 2.24) is 10.6 Å². The van der Waals surface area contributed by atoms with Crippen molar-refractivity contribution in [1.29, 1.82) is 0 Å². The number of hydrogen-bond acceptors (Lipinski definition) is 4. The first-order chi connectivity index (χ1) is 12.1. The maximum Gasteiger partial charge on any atom is 0.315 e. The summed E-state index contributed by atoms with van der Waals surface area (Å²) in [6.07, 6.45) is 1.83. The van der Waals surface area contributed by atoms with Gasteiger partial charge >= 0.3 is 6.03 Å². The van der Waals surface area contributed by atoms with Crippen LogP contribution in [0.15, 0.2) is 30.3 Å². The Balaban J connectivity index is 1.82. The van der Waals surface area contributed by atoms with Crippen molar-refractivity contribution in [2.24, 2.45) is 5.92 Å². The van der Waals surface area contributed by atoms with E-state index in [1.807, 2.05) is 30.3 Å². The van der Waals surface area contributed by atoms with Crippen molar-refractivity contribution < 1.29 is 19.7 Å². The Kier molecular flexibility index (Phi) is 8.18. The molecule has 4 atom stereocenters. The number of amides is 2. The van der Waals surface area contributed by atoms with E-state index in [9.17, 15) is 15.0 Å². The summed E-state index contributed by atoms with van der Waals surface area (Å²) in [4.78, 5) is 12.2. The van der Waals surface area contributed by atoms with Crippen molar-refractivity contribution >= 4 is 6.03 Å². The minimum absolute atomic E-state index is 0.0442. The van der Waals surface area contributed by atoms with Gasteiger partial charge in [0.15, 0.2) is 0 Å². The topological polar surface area (TPSA) is 90.8 Å². The van der Waals surface area contributed by atoms with Gasteiger partial charge in [-0.05, 0) is 37.7 Å². The van der Waals surface area contributed by atoms with Crippen LogP contribution in [0, 0.1) is 5.92 Å². The van der Waals surface area contributed by atoms with E-state index in [1.54, 1.807) is 6.92 Å². The maximum absolute atomic E-state index is 12.2. The highest BCUT2D eigenvalue weighted by molar-refractivity contribution is 5.74. The fourth-order valence-corrected chi connectivity index (χ4v) is 3.28. The zero-order chi connectivity index (χ0) is 18.1. The minimum atomic E-state index is -0.442. The second-order valence-corrected chi connectivity index (χ2v) is 6.89. The standard InChI is InChI=1S/C19H30N2O4/c1-14(23)9-17(16-5-3-2-4-6-16)11-20-19(24)21-18(12-22)10-15-7-8-25-13-15/h2-6,14-15,17-18,22-23H,7-13H2,1H3,(H2,20,21,24). The molecule has 0 spiro atoms. The highest BCUT2D eigenvalue weighted by Crippen LogP contribution is 2.21. The number of hydrogen-bond donors (Lipinski definition) is 4. The van der Waals surface area contributed by atoms with E-state index in [0.29, 0.717) is 25.5 Å². The Bertz CT molecular complexity index is 503. The second-order valence-electron chi connectivity index (χ2n) is 6.89. The van der Waals surface area contributed by atoms with Gasteiger partial charge in [0.1, 0.15) is 0 Å². The SMILES string of the molecule is CC(O)CC(CNC(=O)NC(CO)CC1CCOC1)c1ccccc1. The van der Waals surface area contributed by atoms with Crippen LogP contribution in [0.3, 0.4) is 0 Å². The Hall–Kier alpha value is -1.63. The first kappa shape index (κ1) is 19.7. The van der Waals surface area contributed by atoms with Crippen molar-refractivity contribution in [3.63, 3.8) is 0 Å². The molecule has 0 aromatic heterocycles. The van der Waals surface area contributed by atoms with Crippen LogP contribution in [0.5, 0.6) is 0 Å². The van der Waals surface area contributed by atoms with E-state index in [-0.39, 0.29) is 24.6 Å². The third-order valence-corrected chi connectivity index (χ3v) is 4.60. The lowest BCUT2D eigenvalue weighted by Gasteiger charge is -2.22. The summed E-state index contributed by atoms with van der Waals surface area (Å²) in [5.41, 5.74) is 1.09. The summed E-state index contributed by atoms with van der Waals surface area (Å²) >= 11 is 0. The quantitative estimate of drug-likeness (QED) is 0.545. The molecule has 1 aromatic carbocycles. The van der Waals surface area contributed by atoms with E-state index < -0.39 is 6.10 Å². The molecule has 6 nitrogen and oxygen atoms in total. The molecule has 1 aromatic rings. The number of aliphatic hydroxyl groups is 2. The first-order valence-corrected chi connectivity index (χ1v) is 9.04. The van der Waals surface area contributed by atoms with Gasteiger partial charge in [-0.3, -0.25) is 0 Å². The zero-order valence-corrected chi connectivity index (χ0v) is 14.9. The van der Waals surface area contributed by atoms with E-state index in [4.69, 9.17) is 4.74 Å². The molecule has 0 radical (unpaired) electrons. The summed E-state index contributed by atoms with van der Waals surface area (Å²) in [6, 6.07) is 9.31. The Morgan fingerprint density at radius 3 is 2.72 bits per heavy atom. The molecule has 6 heteroatoms. The van der Waals surface area contributed by atoms with Crippen molar-refractivity contribution in [2.75, 3.05) is 26.4 Å². The smallest absolute Gasteiger partial charge is 0.315 e. The van der Waals surface area contributed by atoms with Gasteiger partial charge in [0.2, 0.25) is 0 Å². The van der Waals surface area contributed by atoms with Crippen LogP contribution in [0.2, 0.25) is 0 Å². The number of aliphatic hydroxyl groups excluding tert-OH is 2. The molecule has 0 bridgehead atoms. The number of urea groups is 1. The normalized spacial score (nSPS) is 20.7. The monoisotopic (exact) mass is 350 g/mol. The number of rotatable bonds is 9. The molecule has 25 heavy (non-hydrogen) atoms. The van der Waals surface area contributed by atoms with Crippen molar-refractivity contribution in [3.8, 4) is 0 Å². The van der Waals surface area contributed by atoms with Crippen molar-refractivity contribution in [3.05, 3.63) is 35.9 Å². The molecule has 2 amide bonds. The third-order valence-electron chi connectivity index (χ3n) is 4.60. The van der Waals surface area contributed by atoms with Crippen LogP contribution in [0.4, 0.5) is 4.79 Å². The van der Waals surface area contributed by atoms with E-state index >= 15 is 0 Å². The Labute approximate surface area is 149 Å². The molecule has 4 unspecified atom stereocenters. The fourth-order valence-electron chi connectivity index (χ4n) is 3.28. The summed E-state index contributed by atoms with van der Waals surface area (Å²) in [5, 5.41) is 24.9. The molecule has 1 saturated heterocycles. The predicted molar refractivity (Wildman–Crippen MR) is 96.4 cm³/mol. The highest BCUT2D eigenvalue weighted by atomic mass is 16.5. The fraction of sp³-hybridized carbons (Fsp3) is 0.632. The molecule has 140 valence electrons. The Morgan fingerprint density at radius 2 is 2.12 bits per heavy atom. The van der Waals surface area contributed by atoms with Crippen LogP contribution < -0.4 is 10.6 Å². The minimum Gasteiger partial charge on any atom is -0.394 e. The number of carbonyl (C=O) groups excluding carboxylic acids is 1.